The summed E-state index contributed by atoms with van der Waals surface area (Å²) in [7, 11) is 0. The zero-order valence-corrected chi connectivity index (χ0v) is 12.4. The van der Waals surface area contributed by atoms with Crippen molar-refractivity contribution >= 4 is 17.3 Å². The van der Waals surface area contributed by atoms with Gasteiger partial charge in [-0.2, -0.15) is 0 Å². The van der Waals surface area contributed by atoms with Crippen LogP contribution in [-0.4, -0.2) is 17.4 Å². The lowest BCUT2D eigenvalue weighted by Crippen LogP contribution is -2.13. The number of carbonyl (C=O) groups excluding carboxylic acids is 1. The highest BCUT2D eigenvalue weighted by Gasteiger charge is 2.14. The molecule has 0 saturated heterocycles. The number of amides is 1. The molecule has 0 aromatic heterocycles. The molecule has 0 aliphatic carbocycles. The second-order valence-corrected chi connectivity index (χ2v) is 4.75. The molecule has 1 N–H and O–H groups in total. The zero-order chi connectivity index (χ0) is 16.8. The molecule has 0 atom stereocenters. The maximum absolute atomic E-state index is 13.7. The fourth-order valence-electron chi connectivity index (χ4n) is 1.84. The first-order chi connectivity index (χ1) is 11.0. The zero-order valence-electron chi connectivity index (χ0n) is 12.4. The molecule has 2 aromatic carbocycles. The lowest BCUT2D eigenvalue weighted by atomic mass is 10.2. The van der Waals surface area contributed by atoms with E-state index in [9.17, 15) is 19.3 Å². The molecule has 0 unspecified atom stereocenters. The Balaban J connectivity index is 2.12. The number of benzene rings is 2. The van der Waals surface area contributed by atoms with E-state index in [1.54, 1.807) is 12.1 Å². The monoisotopic (exact) mass is 318 g/mol. The highest BCUT2D eigenvalue weighted by atomic mass is 19.1. The van der Waals surface area contributed by atoms with Crippen LogP contribution in [0.1, 0.15) is 23.7 Å². The van der Waals surface area contributed by atoms with E-state index in [-0.39, 0.29) is 11.4 Å². The maximum Gasteiger partial charge on any atom is 0.271 e. The number of rotatable bonds is 6. The lowest BCUT2D eigenvalue weighted by molar-refractivity contribution is -0.384. The Hall–Kier alpha value is -2.96. The van der Waals surface area contributed by atoms with E-state index in [1.807, 2.05) is 6.92 Å². The topological polar surface area (TPSA) is 81.5 Å². The average molecular weight is 318 g/mol. The van der Waals surface area contributed by atoms with E-state index in [1.165, 1.54) is 12.1 Å². The standard InChI is InChI=1S/C16H15FN2O4/c1-2-9-23-13-6-3-11(4-7-13)16(20)18-15-10-12(19(21)22)5-8-14(15)17/h3-8,10H,2,9H2,1H3,(H,18,20). The molecule has 0 radical (unpaired) electrons. The Bertz CT molecular complexity index is 717. The molecule has 2 rings (SSSR count). The van der Waals surface area contributed by atoms with Crippen LogP contribution in [0, 0.1) is 15.9 Å². The molecule has 6 nitrogen and oxygen atoms in total. The normalized spacial score (nSPS) is 10.2. The summed E-state index contributed by atoms with van der Waals surface area (Å²) in [6.45, 7) is 2.56. The van der Waals surface area contributed by atoms with Crippen LogP contribution < -0.4 is 10.1 Å². The highest BCUT2D eigenvalue weighted by molar-refractivity contribution is 6.04. The molecular weight excluding hydrogens is 303 g/mol. The first-order valence-corrected chi connectivity index (χ1v) is 6.99. The molecule has 0 bridgehead atoms. The Morgan fingerprint density at radius 2 is 1.96 bits per heavy atom. The second-order valence-electron chi connectivity index (χ2n) is 4.75. The van der Waals surface area contributed by atoms with Crippen molar-refractivity contribution in [2.75, 3.05) is 11.9 Å². The third-order valence-electron chi connectivity index (χ3n) is 3.00. The maximum atomic E-state index is 13.7. The molecule has 0 fully saturated rings. The number of nitrogens with zero attached hydrogens (tertiary/aromatic N) is 1. The van der Waals surface area contributed by atoms with Gasteiger partial charge in [-0.25, -0.2) is 4.39 Å². The van der Waals surface area contributed by atoms with Gasteiger partial charge < -0.3 is 10.1 Å². The Kier molecular flexibility index (Phi) is 5.24. The van der Waals surface area contributed by atoms with Gasteiger partial charge in [-0.15, -0.1) is 0 Å². The van der Waals surface area contributed by atoms with Crippen LogP contribution >= 0.6 is 0 Å². The fraction of sp³-hybridized carbons (Fsp3) is 0.188. The van der Waals surface area contributed by atoms with Crippen LogP contribution in [0.2, 0.25) is 0 Å². The summed E-state index contributed by atoms with van der Waals surface area (Å²) in [5, 5.41) is 13.0. The van der Waals surface area contributed by atoms with Crippen molar-refractivity contribution in [3.63, 3.8) is 0 Å². The summed E-state index contributed by atoms with van der Waals surface area (Å²) in [5.74, 6) is -0.678. The van der Waals surface area contributed by atoms with E-state index in [0.717, 1.165) is 24.6 Å². The number of carbonyl (C=O) groups is 1. The summed E-state index contributed by atoms with van der Waals surface area (Å²) in [5.41, 5.74) is -0.250. The Morgan fingerprint density at radius 1 is 1.26 bits per heavy atom. The van der Waals surface area contributed by atoms with Crippen LogP contribution in [0.25, 0.3) is 0 Å². The molecule has 0 aliphatic heterocycles. The number of halogens is 1. The van der Waals surface area contributed by atoms with E-state index in [0.29, 0.717) is 17.9 Å². The number of nitro groups is 1. The van der Waals surface area contributed by atoms with Crippen molar-refractivity contribution in [3.05, 3.63) is 64.0 Å². The first kappa shape index (κ1) is 16.4. The minimum Gasteiger partial charge on any atom is -0.494 e. The van der Waals surface area contributed by atoms with Gasteiger partial charge in [0.25, 0.3) is 11.6 Å². The van der Waals surface area contributed by atoms with E-state index < -0.39 is 16.6 Å². The largest absolute Gasteiger partial charge is 0.494 e. The predicted octanol–water partition coefficient (Wildman–Crippen LogP) is 3.78. The summed E-state index contributed by atoms with van der Waals surface area (Å²) >= 11 is 0. The molecular formula is C16H15FN2O4. The fourth-order valence-corrected chi connectivity index (χ4v) is 1.84. The summed E-state index contributed by atoms with van der Waals surface area (Å²) in [6.07, 6.45) is 0.869. The summed E-state index contributed by atoms with van der Waals surface area (Å²) < 4.78 is 19.1. The second kappa shape index (κ2) is 7.35. The van der Waals surface area contributed by atoms with Crippen molar-refractivity contribution in [2.24, 2.45) is 0 Å². The Labute approximate surface area is 132 Å². The molecule has 7 heteroatoms. The molecule has 0 heterocycles. The number of non-ortho nitro benzene ring substituents is 1. The molecule has 2 aromatic rings. The van der Waals surface area contributed by atoms with Gasteiger partial charge in [0.2, 0.25) is 0 Å². The molecule has 120 valence electrons. The number of anilines is 1. The van der Waals surface area contributed by atoms with Gasteiger partial charge >= 0.3 is 0 Å². The minimum atomic E-state index is -0.744. The predicted molar refractivity (Wildman–Crippen MR) is 83.2 cm³/mol. The van der Waals surface area contributed by atoms with Crippen LogP contribution in [0.3, 0.4) is 0 Å². The first-order valence-electron chi connectivity index (χ1n) is 6.99. The molecule has 0 spiro atoms. The van der Waals surface area contributed by atoms with Gasteiger partial charge in [-0.1, -0.05) is 6.92 Å². The van der Waals surface area contributed by atoms with Gasteiger partial charge in [0.05, 0.1) is 17.2 Å². The van der Waals surface area contributed by atoms with Crippen molar-refractivity contribution in [2.45, 2.75) is 13.3 Å². The van der Waals surface area contributed by atoms with Crippen molar-refractivity contribution < 1.29 is 18.8 Å². The number of hydrogen-bond donors (Lipinski definition) is 1. The van der Waals surface area contributed by atoms with E-state index >= 15 is 0 Å². The number of nitrogens with one attached hydrogen (secondary N) is 1. The molecule has 23 heavy (non-hydrogen) atoms. The van der Waals surface area contributed by atoms with Crippen LogP contribution in [-0.2, 0) is 0 Å². The minimum absolute atomic E-state index is 0.240. The molecule has 0 aliphatic rings. The highest BCUT2D eigenvalue weighted by Crippen LogP contribution is 2.22. The SMILES string of the molecule is CCCOc1ccc(C(=O)Nc2cc([N+](=O)[O-])ccc2F)cc1. The number of hydrogen-bond acceptors (Lipinski definition) is 4. The third kappa shape index (κ3) is 4.26. The van der Waals surface area contributed by atoms with Crippen molar-refractivity contribution in [3.8, 4) is 5.75 Å². The van der Waals surface area contributed by atoms with Gasteiger partial charge in [0.1, 0.15) is 11.6 Å². The van der Waals surface area contributed by atoms with Crippen LogP contribution in [0.5, 0.6) is 5.75 Å². The van der Waals surface area contributed by atoms with Gasteiger partial charge in [-0.05, 0) is 36.8 Å². The lowest BCUT2D eigenvalue weighted by Gasteiger charge is -2.08. The average Bonchev–Trinajstić information content (AvgIpc) is 2.55. The molecule has 0 saturated carbocycles. The smallest absolute Gasteiger partial charge is 0.271 e. The van der Waals surface area contributed by atoms with Crippen molar-refractivity contribution in [1.29, 1.82) is 0 Å². The molecule has 1 amide bonds. The summed E-state index contributed by atoms with van der Waals surface area (Å²) in [6, 6.07) is 9.29. The number of nitro benzene ring substituents is 1. The third-order valence-corrected chi connectivity index (χ3v) is 3.00. The van der Waals surface area contributed by atoms with Crippen LogP contribution in [0.4, 0.5) is 15.8 Å². The van der Waals surface area contributed by atoms with Crippen molar-refractivity contribution in [1.82, 2.24) is 0 Å². The van der Waals surface area contributed by atoms with E-state index in [2.05, 4.69) is 5.32 Å². The van der Waals surface area contributed by atoms with Crippen LogP contribution in [0.15, 0.2) is 42.5 Å². The van der Waals surface area contributed by atoms with Gasteiger partial charge in [0.15, 0.2) is 0 Å². The Morgan fingerprint density at radius 3 is 2.57 bits per heavy atom. The number of ether oxygens (including phenoxy) is 1. The summed E-state index contributed by atoms with van der Waals surface area (Å²) in [4.78, 5) is 22.1. The van der Waals surface area contributed by atoms with E-state index in [4.69, 9.17) is 4.74 Å². The van der Waals surface area contributed by atoms with Gasteiger partial charge in [0, 0.05) is 17.7 Å². The quantitative estimate of drug-likeness (QED) is 0.649. The van der Waals surface area contributed by atoms with Gasteiger partial charge in [-0.3, -0.25) is 14.9 Å².